The van der Waals surface area contributed by atoms with E-state index in [1.165, 1.54) is 25.9 Å². The van der Waals surface area contributed by atoms with Crippen molar-refractivity contribution in [3.8, 4) is 11.5 Å². The van der Waals surface area contributed by atoms with E-state index in [1.54, 1.807) is 12.0 Å². The highest BCUT2D eigenvalue weighted by atomic mass is 16.5. The molecule has 0 saturated carbocycles. The van der Waals surface area contributed by atoms with Crippen LogP contribution in [0.4, 0.5) is 16.6 Å². The summed E-state index contributed by atoms with van der Waals surface area (Å²) in [6.45, 7) is 13.8. The number of aromatic nitrogens is 2. The topological polar surface area (TPSA) is 94.5 Å². The van der Waals surface area contributed by atoms with E-state index in [0.29, 0.717) is 37.7 Å². The number of fused-ring (bicyclic) bond motifs is 1. The Morgan fingerprint density at radius 2 is 1.69 bits per heavy atom. The highest BCUT2D eigenvalue weighted by molar-refractivity contribution is 5.93. The fourth-order valence-electron chi connectivity index (χ4n) is 6.10. The van der Waals surface area contributed by atoms with Gasteiger partial charge in [0, 0.05) is 50.7 Å². The second-order valence-electron chi connectivity index (χ2n) is 12.1. The van der Waals surface area contributed by atoms with Crippen molar-refractivity contribution < 1.29 is 19.4 Å². The molecule has 0 bridgehead atoms. The maximum absolute atomic E-state index is 12.0. The van der Waals surface area contributed by atoms with Gasteiger partial charge < -0.3 is 34.2 Å². The number of likely N-dealkylation sites (tertiary alicyclic amines) is 1. The van der Waals surface area contributed by atoms with Gasteiger partial charge in [0.25, 0.3) is 0 Å². The molecule has 3 aliphatic rings. The summed E-state index contributed by atoms with van der Waals surface area (Å²) in [7, 11) is 1.67. The third-order valence-corrected chi connectivity index (χ3v) is 8.34. The number of benzene rings is 1. The van der Waals surface area contributed by atoms with Crippen LogP contribution in [0.5, 0.6) is 11.5 Å². The van der Waals surface area contributed by atoms with Crippen LogP contribution in [0.25, 0.3) is 10.9 Å². The Hall–Kier alpha value is -3.01. The van der Waals surface area contributed by atoms with Gasteiger partial charge in [-0.15, -0.1) is 0 Å². The second-order valence-corrected chi connectivity index (χ2v) is 12.1. The quantitative estimate of drug-likeness (QED) is 0.491. The summed E-state index contributed by atoms with van der Waals surface area (Å²) in [6.07, 6.45) is 4.96. The van der Waals surface area contributed by atoms with Crippen molar-refractivity contribution in [3.05, 3.63) is 12.1 Å². The molecular formula is C29H44N6O4. The van der Waals surface area contributed by atoms with Crippen molar-refractivity contribution in [1.82, 2.24) is 19.8 Å². The number of hydrogen-bond donors (Lipinski definition) is 1. The smallest absolute Gasteiger partial charge is 0.407 e. The molecule has 0 radical (unpaired) electrons. The van der Waals surface area contributed by atoms with E-state index in [0.717, 1.165) is 61.6 Å². The lowest BCUT2D eigenvalue weighted by atomic mass is 9.84. The van der Waals surface area contributed by atoms with Crippen LogP contribution in [-0.2, 0) is 0 Å². The van der Waals surface area contributed by atoms with Crippen LogP contribution in [0.15, 0.2) is 12.1 Å². The van der Waals surface area contributed by atoms with E-state index in [9.17, 15) is 9.90 Å². The van der Waals surface area contributed by atoms with E-state index in [4.69, 9.17) is 19.4 Å². The number of methoxy groups -OCH3 is 1. The number of ether oxygens (including phenoxy) is 2. The van der Waals surface area contributed by atoms with Crippen molar-refractivity contribution >= 4 is 28.8 Å². The van der Waals surface area contributed by atoms with E-state index in [-0.39, 0.29) is 11.5 Å². The molecule has 1 N–H and O–H groups in total. The zero-order valence-electron chi connectivity index (χ0n) is 24.0. The lowest BCUT2D eigenvalue weighted by molar-refractivity contribution is 0.0747. The lowest BCUT2D eigenvalue weighted by Gasteiger charge is -2.46. The van der Waals surface area contributed by atoms with Gasteiger partial charge in [-0.25, -0.2) is 9.78 Å². The molecule has 3 aliphatic heterocycles. The van der Waals surface area contributed by atoms with Crippen molar-refractivity contribution in [2.75, 3.05) is 75.9 Å². The highest BCUT2D eigenvalue weighted by Gasteiger charge is 2.39. The first kappa shape index (κ1) is 27.6. The van der Waals surface area contributed by atoms with Gasteiger partial charge in [-0.05, 0) is 56.7 Å². The number of carbonyl (C=O) groups is 1. The first-order valence-electron chi connectivity index (χ1n) is 14.5. The summed E-state index contributed by atoms with van der Waals surface area (Å²) in [5, 5.41) is 10.8. The van der Waals surface area contributed by atoms with Crippen LogP contribution in [0.2, 0.25) is 0 Å². The molecule has 0 aliphatic carbocycles. The van der Waals surface area contributed by atoms with Gasteiger partial charge in [0.05, 0.1) is 25.3 Å². The van der Waals surface area contributed by atoms with Crippen LogP contribution >= 0.6 is 0 Å². The molecule has 1 unspecified atom stereocenters. The SMILES string of the molecule is COc1cc2c(N3CCN(C(=O)O)C(C(C)(C)C)C3)nc(N3CCCC3)nc2cc1OCCCN1CCCC1. The summed E-state index contributed by atoms with van der Waals surface area (Å²) in [5.41, 5.74) is 0.607. The molecule has 1 aromatic heterocycles. The molecule has 10 heteroatoms. The van der Waals surface area contributed by atoms with Crippen molar-refractivity contribution in [1.29, 1.82) is 0 Å². The summed E-state index contributed by atoms with van der Waals surface area (Å²) < 4.78 is 12.0. The molecule has 3 fully saturated rings. The van der Waals surface area contributed by atoms with Gasteiger partial charge in [-0.1, -0.05) is 20.8 Å². The molecule has 214 valence electrons. The molecule has 2 aromatic rings. The minimum Gasteiger partial charge on any atom is -0.493 e. The van der Waals surface area contributed by atoms with Gasteiger partial charge in [0.15, 0.2) is 11.5 Å². The van der Waals surface area contributed by atoms with Crippen LogP contribution in [-0.4, -0.2) is 103 Å². The summed E-state index contributed by atoms with van der Waals surface area (Å²) in [4.78, 5) is 30.7. The van der Waals surface area contributed by atoms with Gasteiger partial charge in [-0.2, -0.15) is 4.98 Å². The van der Waals surface area contributed by atoms with Crippen LogP contribution in [0, 0.1) is 5.41 Å². The third-order valence-electron chi connectivity index (χ3n) is 8.34. The predicted octanol–water partition coefficient (Wildman–Crippen LogP) is 4.32. The van der Waals surface area contributed by atoms with Crippen molar-refractivity contribution in [2.45, 2.75) is 58.9 Å². The third kappa shape index (κ3) is 6.10. The number of amides is 1. The van der Waals surface area contributed by atoms with Crippen molar-refractivity contribution in [3.63, 3.8) is 0 Å². The van der Waals surface area contributed by atoms with Crippen molar-refractivity contribution in [2.24, 2.45) is 5.41 Å². The zero-order chi connectivity index (χ0) is 27.6. The Balaban J connectivity index is 1.47. The Morgan fingerprint density at radius 1 is 0.974 bits per heavy atom. The first-order valence-corrected chi connectivity index (χ1v) is 14.5. The largest absolute Gasteiger partial charge is 0.493 e. The molecule has 39 heavy (non-hydrogen) atoms. The number of anilines is 2. The maximum Gasteiger partial charge on any atom is 0.407 e. The number of nitrogens with zero attached hydrogens (tertiary/aromatic N) is 6. The van der Waals surface area contributed by atoms with E-state index < -0.39 is 6.09 Å². The molecule has 1 atom stereocenters. The minimum atomic E-state index is -0.868. The van der Waals surface area contributed by atoms with E-state index >= 15 is 0 Å². The van der Waals surface area contributed by atoms with E-state index in [2.05, 4.69) is 35.5 Å². The molecule has 4 heterocycles. The normalized spacial score (nSPS) is 20.7. The molecule has 10 nitrogen and oxygen atoms in total. The van der Waals surface area contributed by atoms with Gasteiger partial charge >= 0.3 is 6.09 Å². The van der Waals surface area contributed by atoms with Crippen LogP contribution in [0.3, 0.4) is 0 Å². The standard InChI is InChI=1S/C29H44N6O4/c1-29(2,3)25-20-34(15-16-35(25)28(36)37)26-21-18-23(38-4)24(39-17-9-12-32-10-5-6-11-32)19-22(21)30-27(31-26)33-13-7-8-14-33/h18-19,25H,5-17,20H2,1-4H3,(H,36,37). The number of piperazine rings is 1. The average molecular weight is 541 g/mol. The van der Waals surface area contributed by atoms with Gasteiger partial charge in [-0.3, -0.25) is 0 Å². The predicted molar refractivity (Wildman–Crippen MR) is 154 cm³/mol. The monoisotopic (exact) mass is 540 g/mol. The first-order chi connectivity index (χ1) is 18.7. The Bertz CT molecular complexity index is 1160. The summed E-state index contributed by atoms with van der Waals surface area (Å²) in [5.74, 6) is 2.93. The average Bonchev–Trinajstić information content (AvgIpc) is 3.64. The molecule has 0 spiro atoms. The Kier molecular flexibility index (Phi) is 8.21. The Morgan fingerprint density at radius 3 is 2.36 bits per heavy atom. The summed E-state index contributed by atoms with van der Waals surface area (Å²) >= 11 is 0. The molecule has 1 amide bonds. The molecule has 5 rings (SSSR count). The molecule has 3 saturated heterocycles. The zero-order valence-corrected chi connectivity index (χ0v) is 24.0. The number of hydrogen-bond acceptors (Lipinski definition) is 8. The van der Waals surface area contributed by atoms with Crippen LogP contribution in [0.1, 0.15) is 52.9 Å². The summed E-state index contributed by atoms with van der Waals surface area (Å²) in [6, 6.07) is 3.82. The fourth-order valence-corrected chi connectivity index (χ4v) is 6.10. The van der Waals surface area contributed by atoms with Crippen LogP contribution < -0.4 is 19.3 Å². The van der Waals surface area contributed by atoms with Gasteiger partial charge in [0.2, 0.25) is 5.95 Å². The maximum atomic E-state index is 12.0. The number of carboxylic acid groups (broad SMARTS) is 1. The highest BCUT2D eigenvalue weighted by Crippen LogP contribution is 2.38. The second kappa shape index (κ2) is 11.6. The number of rotatable bonds is 8. The Labute approximate surface area is 231 Å². The van der Waals surface area contributed by atoms with E-state index in [1.807, 2.05) is 12.1 Å². The minimum absolute atomic E-state index is 0.163. The molecule has 1 aromatic carbocycles. The molecular weight excluding hydrogens is 496 g/mol. The fraction of sp³-hybridized carbons (Fsp3) is 0.690. The van der Waals surface area contributed by atoms with Gasteiger partial charge in [0.1, 0.15) is 5.82 Å². The lowest BCUT2D eigenvalue weighted by Crippen LogP contribution is -2.59.